The summed E-state index contributed by atoms with van der Waals surface area (Å²) >= 11 is 0. The minimum absolute atomic E-state index is 0. The minimum Gasteiger partial charge on any atom is -0.459 e. The first-order valence-corrected chi connectivity index (χ1v) is 7.21. The van der Waals surface area contributed by atoms with Crippen LogP contribution in [0.3, 0.4) is 0 Å². The van der Waals surface area contributed by atoms with Crippen molar-refractivity contribution < 1.29 is 9.21 Å². The van der Waals surface area contributed by atoms with Crippen LogP contribution in [0.1, 0.15) is 31.6 Å². The average Bonchev–Trinajstić information content (AvgIpc) is 3.06. The van der Waals surface area contributed by atoms with Crippen molar-refractivity contribution in [1.29, 1.82) is 0 Å². The van der Waals surface area contributed by atoms with Crippen LogP contribution in [0.15, 0.2) is 34.7 Å². The Morgan fingerprint density at radius 2 is 2.29 bits per heavy atom. The molecule has 1 amide bonds. The van der Waals surface area contributed by atoms with Crippen LogP contribution in [0.25, 0.3) is 11.0 Å². The second-order valence-electron chi connectivity index (χ2n) is 5.54. The van der Waals surface area contributed by atoms with Gasteiger partial charge in [0.15, 0.2) is 0 Å². The third-order valence-electron chi connectivity index (χ3n) is 3.89. The van der Waals surface area contributed by atoms with E-state index >= 15 is 0 Å². The Labute approximate surface area is 130 Å². The normalized spacial score (nSPS) is 19.2. The first kappa shape index (κ1) is 15.9. The lowest BCUT2D eigenvalue weighted by Gasteiger charge is -2.13. The highest BCUT2D eigenvalue weighted by Gasteiger charge is 2.20. The molecule has 1 fully saturated rings. The monoisotopic (exact) mass is 308 g/mol. The zero-order chi connectivity index (χ0) is 13.9. The van der Waals surface area contributed by atoms with E-state index in [4.69, 9.17) is 4.42 Å². The molecule has 21 heavy (non-hydrogen) atoms. The predicted molar refractivity (Wildman–Crippen MR) is 85.6 cm³/mol. The molecule has 0 aliphatic carbocycles. The molecule has 1 aromatic carbocycles. The van der Waals surface area contributed by atoms with Crippen LogP contribution in [-0.2, 0) is 4.79 Å². The third kappa shape index (κ3) is 3.77. The molecule has 5 heteroatoms. The quantitative estimate of drug-likeness (QED) is 0.913. The van der Waals surface area contributed by atoms with Crippen LogP contribution >= 0.6 is 12.4 Å². The maximum atomic E-state index is 12.0. The molecule has 0 bridgehead atoms. The van der Waals surface area contributed by atoms with E-state index in [1.54, 1.807) is 0 Å². The van der Waals surface area contributed by atoms with Crippen molar-refractivity contribution in [1.82, 2.24) is 10.6 Å². The van der Waals surface area contributed by atoms with Gasteiger partial charge >= 0.3 is 0 Å². The second kappa shape index (κ2) is 6.96. The molecule has 1 aromatic heterocycles. The Bertz CT molecular complexity index is 572. The van der Waals surface area contributed by atoms with Gasteiger partial charge in [-0.1, -0.05) is 18.2 Å². The predicted octanol–water partition coefficient (Wildman–Crippen LogP) is 3.03. The Balaban J connectivity index is 0.00000161. The number of hydrogen-bond donors (Lipinski definition) is 2. The molecular weight excluding hydrogens is 288 g/mol. The summed E-state index contributed by atoms with van der Waals surface area (Å²) in [5, 5.41) is 7.38. The van der Waals surface area contributed by atoms with Crippen molar-refractivity contribution >= 4 is 29.3 Å². The van der Waals surface area contributed by atoms with Gasteiger partial charge < -0.3 is 15.1 Å². The molecule has 1 aliphatic rings. The van der Waals surface area contributed by atoms with E-state index in [-0.39, 0.29) is 24.4 Å². The molecule has 2 aromatic rings. The molecule has 0 spiro atoms. The molecule has 2 N–H and O–H groups in total. The maximum Gasteiger partial charge on any atom is 0.220 e. The van der Waals surface area contributed by atoms with Gasteiger partial charge in [-0.05, 0) is 44.5 Å². The summed E-state index contributed by atoms with van der Waals surface area (Å²) in [6.45, 7) is 3.94. The van der Waals surface area contributed by atoms with Crippen LogP contribution in [0.5, 0.6) is 0 Å². The molecule has 4 nitrogen and oxygen atoms in total. The van der Waals surface area contributed by atoms with Gasteiger partial charge in [-0.15, -0.1) is 12.4 Å². The summed E-state index contributed by atoms with van der Waals surface area (Å²) in [6.07, 6.45) is 1.68. The molecule has 1 aliphatic heterocycles. The number of fused-ring (bicyclic) bond motifs is 1. The Kier molecular flexibility index (Phi) is 5.26. The topological polar surface area (TPSA) is 54.3 Å². The summed E-state index contributed by atoms with van der Waals surface area (Å²) in [4.78, 5) is 12.0. The van der Waals surface area contributed by atoms with Crippen LogP contribution in [-0.4, -0.2) is 19.0 Å². The molecule has 2 unspecified atom stereocenters. The Morgan fingerprint density at radius 1 is 1.48 bits per heavy atom. The Morgan fingerprint density at radius 3 is 3.00 bits per heavy atom. The summed E-state index contributed by atoms with van der Waals surface area (Å²) in [5.41, 5.74) is 0.864. The van der Waals surface area contributed by atoms with E-state index < -0.39 is 0 Å². The summed E-state index contributed by atoms with van der Waals surface area (Å²) in [5.74, 6) is 1.38. The first-order chi connectivity index (χ1) is 9.72. The van der Waals surface area contributed by atoms with Crippen molar-refractivity contribution in [3.63, 3.8) is 0 Å². The van der Waals surface area contributed by atoms with Gasteiger partial charge in [0.2, 0.25) is 5.91 Å². The van der Waals surface area contributed by atoms with Crippen molar-refractivity contribution in [2.24, 2.45) is 5.92 Å². The van der Waals surface area contributed by atoms with Crippen molar-refractivity contribution in [2.45, 2.75) is 25.8 Å². The van der Waals surface area contributed by atoms with E-state index in [2.05, 4.69) is 10.6 Å². The number of carbonyl (C=O) groups excluding carboxylic acids is 1. The highest BCUT2D eigenvalue weighted by molar-refractivity contribution is 5.85. The molecule has 114 valence electrons. The molecule has 0 radical (unpaired) electrons. The number of nitrogens with one attached hydrogen (secondary N) is 2. The highest BCUT2D eigenvalue weighted by atomic mass is 35.5. The van der Waals surface area contributed by atoms with E-state index in [1.807, 2.05) is 37.3 Å². The number of furan rings is 1. The number of amides is 1. The molecule has 2 heterocycles. The lowest BCUT2D eigenvalue weighted by Crippen LogP contribution is -2.28. The van der Waals surface area contributed by atoms with Crippen molar-refractivity contribution in [3.8, 4) is 0 Å². The van der Waals surface area contributed by atoms with E-state index in [0.717, 1.165) is 36.2 Å². The third-order valence-corrected chi connectivity index (χ3v) is 3.89. The average molecular weight is 309 g/mol. The smallest absolute Gasteiger partial charge is 0.220 e. The number of benzene rings is 1. The lowest BCUT2D eigenvalue weighted by atomic mass is 10.0. The van der Waals surface area contributed by atoms with Crippen LogP contribution in [0.2, 0.25) is 0 Å². The lowest BCUT2D eigenvalue weighted by molar-refractivity contribution is -0.122. The van der Waals surface area contributed by atoms with E-state index in [9.17, 15) is 4.79 Å². The number of carbonyl (C=O) groups is 1. The van der Waals surface area contributed by atoms with Crippen LogP contribution in [0.4, 0.5) is 0 Å². The summed E-state index contributed by atoms with van der Waals surface area (Å²) < 4.78 is 5.77. The van der Waals surface area contributed by atoms with Crippen LogP contribution in [0, 0.1) is 5.92 Å². The zero-order valence-corrected chi connectivity index (χ0v) is 12.9. The molecule has 1 saturated heterocycles. The molecule has 0 saturated carbocycles. The highest BCUT2D eigenvalue weighted by Crippen LogP contribution is 2.23. The van der Waals surface area contributed by atoms with E-state index in [0.29, 0.717) is 12.3 Å². The molecule has 2 atom stereocenters. The fourth-order valence-electron chi connectivity index (χ4n) is 2.74. The Hall–Kier alpha value is -1.52. The van der Waals surface area contributed by atoms with Gasteiger partial charge in [-0.2, -0.15) is 0 Å². The van der Waals surface area contributed by atoms with Gasteiger partial charge in [0, 0.05) is 11.8 Å². The number of para-hydroxylation sites is 1. The fourth-order valence-corrected chi connectivity index (χ4v) is 2.74. The van der Waals surface area contributed by atoms with Crippen LogP contribution < -0.4 is 10.6 Å². The SMILES string of the molecule is CC(NC(=O)CC1CCNC1)c1cc2ccccc2o1.Cl. The summed E-state index contributed by atoms with van der Waals surface area (Å²) in [6, 6.07) is 9.80. The van der Waals surface area contributed by atoms with Gasteiger partial charge in [0.05, 0.1) is 6.04 Å². The molecule has 3 rings (SSSR count). The number of halogens is 1. The van der Waals surface area contributed by atoms with Gasteiger partial charge in [0.25, 0.3) is 0 Å². The maximum absolute atomic E-state index is 12.0. The first-order valence-electron chi connectivity index (χ1n) is 7.21. The van der Waals surface area contributed by atoms with Gasteiger partial charge in [-0.25, -0.2) is 0 Å². The van der Waals surface area contributed by atoms with Crippen molar-refractivity contribution in [2.75, 3.05) is 13.1 Å². The molecular formula is C16H21ClN2O2. The second-order valence-corrected chi connectivity index (χ2v) is 5.54. The van der Waals surface area contributed by atoms with Crippen molar-refractivity contribution in [3.05, 3.63) is 36.1 Å². The largest absolute Gasteiger partial charge is 0.459 e. The number of hydrogen-bond acceptors (Lipinski definition) is 3. The fraction of sp³-hybridized carbons (Fsp3) is 0.438. The standard InChI is InChI=1S/C16H20N2O2.ClH/c1-11(18-16(19)8-12-6-7-17-10-12)15-9-13-4-2-3-5-14(13)20-15;/h2-5,9,11-12,17H,6-8,10H2,1H3,(H,18,19);1H. The zero-order valence-electron chi connectivity index (χ0n) is 12.1. The minimum atomic E-state index is -0.0933. The van der Waals surface area contributed by atoms with Gasteiger partial charge in [0.1, 0.15) is 11.3 Å². The van der Waals surface area contributed by atoms with E-state index in [1.165, 1.54) is 0 Å². The summed E-state index contributed by atoms with van der Waals surface area (Å²) in [7, 11) is 0. The van der Waals surface area contributed by atoms with Gasteiger partial charge in [-0.3, -0.25) is 4.79 Å². The number of rotatable bonds is 4.